The van der Waals surface area contributed by atoms with Gasteiger partial charge < -0.3 is 14.9 Å². The number of aliphatic hydroxyl groups is 2. The van der Waals surface area contributed by atoms with Crippen molar-refractivity contribution in [2.75, 3.05) is 6.61 Å². The first-order chi connectivity index (χ1) is 5.60. The van der Waals surface area contributed by atoms with Gasteiger partial charge in [-0.3, -0.25) is 0 Å². The Balaban J connectivity index is 2.34. The number of fused-ring (bicyclic) bond motifs is 2. The molecule has 1 aliphatic heterocycles. The molecule has 0 spiro atoms. The van der Waals surface area contributed by atoms with Crippen LogP contribution in [0.5, 0.6) is 0 Å². The highest BCUT2D eigenvalue weighted by Gasteiger charge is 2.59. The Morgan fingerprint density at radius 1 is 1.75 bits per heavy atom. The summed E-state index contributed by atoms with van der Waals surface area (Å²) in [7, 11) is 1.91. The molecule has 4 atom stereocenters. The molecule has 2 N–H and O–H groups in total. The van der Waals surface area contributed by atoms with Gasteiger partial charge in [-0.25, -0.2) is 0 Å². The summed E-state index contributed by atoms with van der Waals surface area (Å²) in [4.78, 5) is 0. The molecule has 2 rings (SSSR count). The fourth-order valence-electron chi connectivity index (χ4n) is 2.49. The van der Waals surface area contributed by atoms with Crippen LogP contribution >= 0.6 is 0 Å². The van der Waals surface area contributed by atoms with Crippen molar-refractivity contribution in [3.8, 4) is 0 Å². The van der Waals surface area contributed by atoms with E-state index in [-0.39, 0.29) is 18.5 Å². The minimum absolute atomic E-state index is 0.00611. The van der Waals surface area contributed by atoms with E-state index in [0.29, 0.717) is 6.42 Å². The molecule has 4 heteroatoms. The van der Waals surface area contributed by atoms with E-state index in [1.807, 2.05) is 7.85 Å². The Morgan fingerprint density at radius 2 is 2.42 bits per heavy atom. The average molecular weight is 168 g/mol. The highest BCUT2D eigenvalue weighted by atomic mass is 16.5. The second kappa shape index (κ2) is 2.34. The normalized spacial score (nSPS) is 51.8. The fraction of sp³-hybridized carbons (Fsp3) is 0.750. The minimum atomic E-state index is -0.735. The van der Waals surface area contributed by atoms with Crippen molar-refractivity contribution in [3.63, 3.8) is 0 Å². The van der Waals surface area contributed by atoms with Crippen LogP contribution in [-0.2, 0) is 4.74 Å². The van der Waals surface area contributed by atoms with Gasteiger partial charge in [0.25, 0.3) is 0 Å². The van der Waals surface area contributed by atoms with E-state index in [0.717, 1.165) is 5.57 Å². The van der Waals surface area contributed by atoms with Crippen molar-refractivity contribution in [1.29, 1.82) is 0 Å². The fourth-order valence-corrected chi connectivity index (χ4v) is 2.49. The number of aliphatic hydroxyl groups excluding tert-OH is 2. The third-order valence-electron chi connectivity index (χ3n) is 3.07. The molecule has 0 radical (unpaired) electrons. The summed E-state index contributed by atoms with van der Waals surface area (Å²) in [5.74, 6) is 0.0251. The van der Waals surface area contributed by atoms with Crippen LogP contribution in [0.3, 0.4) is 0 Å². The third kappa shape index (κ3) is 0.776. The largest absolute Gasteiger partial charge is 0.393 e. The summed E-state index contributed by atoms with van der Waals surface area (Å²) in [5, 5.41) is 18.9. The second-order valence-electron chi connectivity index (χ2n) is 3.85. The Bertz CT molecular complexity index is 230. The number of ether oxygens (including phenoxy) is 1. The maximum atomic E-state index is 9.77. The van der Waals surface area contributed by atoms with Crippen LogP contribution < -0.4 is 0 Å². The lowest BCUT2D eigenvalue weighted by atomic mass is 9.83. The van der Waals surface area contributed by atoms with Crippen LogP contribution in [0.25, 0.3) is 0 Å². The maximum absolute atomic E-state index is 9.77. The molecule has 1 saturated heterocycles. The van der Waals surface area contributed by atoms with Crippen LogP contribution in [-0.4, -0.2) is 42.4 Å². The van der Waals surface area contributed by atoms with Crippen LogP contribution in [0.4, 0.5) is 0 Å². The standard InChI is InChI=1S/C8H13BO3/c1-4-2-8(3-10)6(11)5(4)7(9)12-8/h5-7,10-11H,1-3,9H2/t5-,6-,7-,8-/m1/s1. The third-order valence-corrected chi connectivity index (χ3v) is 3.07. The van der Waals surface area contributed by atoms with E-state index >= 15 is 0 Å². The van der Waals surface area contributed by atoms with Gasteiger partial charge in [0.1, 0.15) is 13.4 Å². The van der Waals surface area contributed by atoms with Crippen molar-refractivity contribution >= 4 is 7.85 Å². The molecule has 0 aromatic carbocycles. The van der Waals surface area contributed by atoms with Crippen LogP contribution in [0.15, 0.2) is 12.2 Å². The van der Waals surface area contributed by atoms with E-state index in [1.165, 1.54) is 0 Å². The molecule has 0 amide bonds. The topological polar surface area (TPSA) is 49.7 Å². The van der Waals surface area contributed by atoms with E-state index in [4.69, 9.17) is 9.84 Å². The summed E-state index contributed by atoms with van der Waals surface area (Å²) in [6.45, 7) is 3.76. The molecule has 3 nitrogen and oxygen atoms in total. The van der Waals surface area contributed by atoms with Crippen molar-refractivity contribution < 1.29 is 14.9 Å². The van der Waals surface area contributed by atoms with Crippen LogP contribution in [0, 0.1) is 5.92 Å². The first-order valence-electron chi connectivity index (χ1n) is 4.25. The van der Waals surface area contributed by atoms with Gasteiger partial charge >= 0.3 is 0 Å². The number of rotatable bonds is 1. The van der Waals surface area contributed by atoms with Crippen LogP contribution in [0.1, 0.15) is 6.42 Å². The van der Waals surface area contributed by atoms with Crippen LogP contribution in [0.2, 0.25) is 0 Å². The highest BCUT2D eigenvalue weighted by Crippen LogP contribution is 2.49. The van der Waals surface area contributed by atoms with Gasteiger partial charge in [0.05, 0.1) is 12.7 Å². The van der Waals surface area contributed by atoms with Crippen molar-refractivity contribution in [3.05, 3.63) is 12.2 Å². The van der Waals surface area contributed by atoms with Crippen molar-refractivity contribution in [2.24, 2.45) is 5.92 Å². The molecule has 0 aromatic rings. The van der Waals surface area contributed by atoms with Gasteiger partial charge in [-0.1, -0.05) is 12.2 Å². The summed E-state index contributed by atoms with van der Waals surface area (Å²) < 4.78 is 5.52. The van der Waals surface area contributed by atoms with Crippen molar-refractivity contribution in [1.82, 2.24) is 0 Å². The van der Waals surface area contributed by atoms with Gasteiger partial charge in [0, 0.05) is 18.3 Å². The van der Waals surface area contributed by atoms with Gasteiger partial charge in [-0.15, -0.1) is 0 Å². The lowest BCUT2D eigenvalue weighted by Crippen LogP contribution is -2.40. The Morgan fingerprint density at radius 3 is 2.75 bits per heavy atom. The second-order valence-corrected chi connectivity index (χ2v) is 3.85. The summed E-state index contributed by atoms with van der Waals surface area (Å²) in [5.41, 5.74) is 0.275. The molecule has 2 aliphatic rings. The van der Waals surface area contributed by atoms with Gasteiger partial charge in [0.15, 0.2) is 0 Å². The molecule has 2 bridgehead atoms. The first-order valence-corrected chi connectivity index (χ1v) is 4.25. The summed E-state index contributed by atoms with van der Waals surface area (Å²) in [6.07, 6.45) is 0.0321. The van der Waals surface area contributed by atoms with E-state index < -0.39 is 11.7 Å². The van der Waals surface area contributed by atoms with Gasteiger partial charge in [0.2, 0.25) is 0 Å². The molecule has 1 aliphatic carbocycles. The lowest BCUT2D eigenvalue weighted by Gasteiger charge is -2.28. The molecule has 1 heterocycles. The summed E-state index contributed by atoms with van der Waals surface area (Å²) >= 11 is 0. The lowest BCUT2D eigenvalue weighted by molar-refractivity contribution is -0.0931. The van der Waals surface area contributed by atoms with Gasteiger partial charge in [-0.05, 0) is 0 Å². The number of hydrogen-bond donors (Lipinski definition) is 2. The molecule has 0 aromatic heterocycles. The molecule has 1 saturated carbocycles. The minimum Gasteiger partial charge on any atom is -0.393 e. The predicted octanol–water partition coefficient (Wildman–Crippen LogP) is -1.36. The Kier molecular flexibility index (Phi) is 1.62. The van der Waals surface area contributed by atoms with E-state index in [9.17, 15) is 5.11 Å². The SMILES string of the molecule is B[C@@H]1O[C@@]2(CO)CC(=C)[C@@H]1[C@H]2O. The van der Waals surface area contributed by atoms with Gasteiger partial charge in [-0.2, -0.15) is 0 Å². The molecule has 0 unspecified atom stereocenters. The first kappa shape index (κ1) is 8.29. The van der Waals surface area contributed by atoms with E-state index in [1.54, 1.807) is 0 Å². The average Bonchev–Trinajstić information content (AvgIpc) is 2.37. The zero-order valence-corrected chi connectivity index (χ0v) is 7.16. The maximum Gasteiger partial charge on any atom is 0.140 e. The Labute approximate surface area is 72.4 Å². The van der Waals surface area contributed by atoms with Crippen molar-refractivity contribution in [2.45, 2.75) is 24.1 Å². The number of hydrogen-bond acceptors (Lipinski definition) is 3. The highest BCUT2D eigenvalue weighted by molar-refractivity contribution is 6.11. The predicted molar refractivity (Wildman–Crippen MR) is 46.5 cm³/mol. The Hall–Kier alpha value is -0.315. The zero-order valence-electron chi connectivity index (χ0n) is 7.16. The molecule has 66 valence electrons. The quantitative estimate of drug-likeness (QED) is 0.375. The smallest absolute Gasteiger partial charge is 0.140 e. The molecule has 12 heavy (non-hydrogen) atoms. The summed E-state index contributed by atoms with van der Waals surface area (Å²) in [6, 6.07) is -0.00611. The molecular formula is C8H13BO3. The monoisotopic (exact) mass is 168 g/mol. The molecule has 2 fully saturated rings. The zero-order chi connectivity index (χ0) is 8.93. The molecular weight excluding hydrogens is 155 g/mol. The van der Waals surface area contributed by atoms with E-state index in [2.05, 4.69) is 6.58 Å².